The van der Waals surface area contributed by atoms with Gasteiger partial charge in [0.2, 0.25) is 0 Å². The molecule has 0 aromatic heterocycles. The molecule has 0 fully saturated rings. The molecule has 0 aliphatic rings. The van der Waals surface area contributed by atoms with Gasteiger partial charge in [0.05, 0.1) is 6.61 Å². The summed E-state index contributed by atoms with van der Waals surface area (Å²) < 4.78 is 5.22. The van der Waals surface area contributed by atoms with Crippen LogP contribution in [-0.2, 0) is 9.53 Å². The Morgan fingerprint density at radius 3 is 2.16 bits per heavy atom. The van der Waals surface area contributed by atoms with Crippen molar-refractivity contribution in [2.75, 3.05) is 19.7 Å². The summed E-state index contributed by atoms with van der Waals surface area (Å²) in [5.74, 6) is -0.187. The minimum absolute atomic E-state index is 0.0452. The second-order valence-electron chi connectivity index (χ2n) is 4.74. The predicted molar refractivity (Wildman–Crippen MR) is 80.4 cm³/mol. The van der Waals surface area contributed by atoms with Crippen molar-refractivity contribution in [2.45, 2.75) is 52.7 Å². The molecule has 0 saturated heterocycles. The van der Waals surface area contributed by atoms with Gasteiger partial charge in [0.1, 0.15) is 5.25 Å². The van der Waals surface area contributed by atoms with Gasteiger partial charge in [-0.25, -0.2) is 0 Å². The molecule has 0 spiro atoms. The van der Waals surface area contributed by atoms with Gasteiger partial charge in [0.25, 0.3) is 5.24 Å². The van der Waals surface area contributed by atoms with Crippen LogP contribution < -0.4 is 0 Å². The third-order valence-corrected chi connectivity index (χ3v) is 4.28. The van der Waals surface area contributed by atoms with Crippen molar-refractivity contribution in [1.29, 1.82) is 0 Å². The highest BCUT2D eigenvalue weighted by atomic mass is 32.2. The summed E-state index contributed by atoms with van der Waals surface area (Å²) in [6.07, 6.45) is 1.86. The fourth-order valence-electron chi connectivity index (χ4n) is 1.52. The largest absolute Gasteiger partial charge is 0.465 e. The van der Waals surface area contributed by atoms with E-state index in [-0.39, 0.29) is 17.1 Å². The zero-order valence-corrected chi connectivity index (χ0v) is 13.6. The first-order valence-electron chi connectivity index (χ1n) is 7.09. The van der Waals surface area contributed by atoms with Crippen LogP contribution in [0.25, 0.3) is 0 Å². The number of thioether (sulfide) groups is 1. The molecule has 0 aromatic rings. The fourth-order valence-corrected chi connectivity index (χ4v) is 2.58. The Bertz CT molecular complexity index is 278. The van der Waals surface area contributed by atoms with Crippen LogP contribution in [0.3, 0.4) is 0 Å². The SMILES string of the molecule is CCCCOC(=O)C(SC(=O)N(CC)CC)C(C)C. The van der Waals surface area contributed by atoms with E-state index in [2.05, 4.69) is 0 Å². The summed E-state index contributed by atoms with van der Waals surface area (Å²) in [5.41, 5.74) is 0. The molecule has 112 valence electrons. The molecule has 1 unspecified atom stereocenters. The topological polar surface area (TPSA) is 46.6 Å². The van der Waals surface area contributed by atoms with E-state index in [0.717, 1.165) is 24.6 Å². The van der Waals surface area contributed by atoms with Crippen molar-refractivity contribution in [2.24, 2.45) is 5.92 Å². The van der Waals surface area contributed by atoms with Gasteiger partial charge in [-0.05, 0) is 37.9 Å². The standard InChI is InChI=1S/C14H27NO3S/c1-6-9-10-18-13(16)12(11(4)5)19-14(17)15(7-2)8-3/h11-12H,6-10H2,1-5H3. The first-order valence-corrected chi connectivity index (χ1v) is 7.97. The van der Waals surface area contributed by atoms with E-state index >= 15 is 0 Å². The Morgan fingerprint density at radius 2 is 1.74 bits per heavy atom. The molecule has 0 saturated carbocycles. The number of nitrogens with zero attached hydrogens (tertiary/aromatic N) is 1. The minimum atomic E-state index is -0.412. The number of carbonyl (C=O) groups is 2. The molecule has 19 heavy (non-hydrogen) atoms. The number of hydrogen-bond donors (Lipinski definition) is 0. The first-order chi connectivity index (χ1) is 8.97. The van der Waals surface area contributed by atoms with E-state index in [9.17, 15) is 9.59 Å². The Hall–Kier alpha value is -0.710. The molecule has 0 heterocycles. The summed E-state index contributed by atoms with van der Waals surface area (Å²) in [7, 11) is 0. The highest BCUT2D eigenvalue weighted by molar-refractivity contribution is 8.14. The highest BCUT2D eigenvalue weighted by Gasteiger charge is 2.28. The Kier molecular flexibility index (Phi) is 9.74. The zero-order valence-electron chi connectivity index (χ0n) is 12.8. The van der Waals surface area contributed by atoms with E-state index in [1.54, 1.807) is 4.90 Å². The number of carbonyl (C=O) groups excluding carboxylic acids is 2. The van der Waals surface area contributed by atoms with E-state index < -0.39 is 5.25 Å². The normalized spacial score (nSPS) is 12.3. The molecule has 5 heteroatoms. The average Bonchev–Trinajstić information content (AvgIpc) is 2.37. The van der Waals surface area contributed by atoms with Crippen molar-refractivity contribution in [1.82, 2.24) is 4.90 Å². The van der Waals surface area contributed by atoms with Gasteiger partial charge in [0.15, 0.2) is 0 Å². The number of hydrogen-bond acceptors (Lipinski definition) is 4. The molecule has 1 atom stereocenters. The summed E-state index contributed by atoms with van der Waals surface area (Å²) in [5, 5.41) is -0.457. The summed E-state index contributed by atoms with van der Waals surface area (Å²) >= 11 is 1.09. The van der Waals surface area contributed by atoms with Crippen LogP contribution in [-0.4, -0.2) is 41.1 Å². The van der Waals surface area contributed by atoms with Crippen LogP contribution in [0.4, 0.5) is 4.79 Å². The molecule has 0 bridgehead atoms. The third kappa shape index (κ3) is 6.85. The summed E-state index contributed by atoms with van der Waals surface area (Å²) in [4.78, 5) is 25.7. The molecule has 0 rings (SSSR count). The lowest BCUT2D eigenvalue weighted by molar-refractivity contribution is -0.143. The van der Waals surface area contributed by atoms with Gasteiger partial charge in [0, 0.05) is 13.1 Å². The van der Waals surface area contributed by atoms with Crippen molar-refractivity contribution in [3.63, 3.8) is 0 Å². The lowest BCUT2D eigenvalue weighted by atomic mass is 10.1. The van der Waals surface area contributed by atoms with Crippen molar-refractivity contribution < 1.29 is 14.3 Å². The number of rotatable bonds is 8. The van der Waals surface area contributed by atoms with Crippen LogP contribution in [0.1, 0.15) is 47.5 Å². The number of amides is 1. The Morgan fingerprint density at radius 1 is 1.16 bits per heavy atom. The van der Waals surface area contributed by atoms with Crippen molar-refractivity contribution in [3.05, 3.63) is 0 Å². The van der Waals surface area contributed by atoms with Gasteiger partial charge in [-0.15, -0.1) is 0 Å². The molecule has 1 amide bonds. The highest BCUT2D eigenvalue weighted by Crippen LogP contribution is 2.24. The predicted octanol–water partition coefficient (Wildman–Crippen LogP) is 3.55. The molecular formula is C14H27NO3S. The molecule has 4 nitrogen and oxygen atoms in total. The first kappa shape index (κ1) is 18.3. The fraction of sp³-hybridized carbons (Fsp3) is 0.857. The maximum absolute atomic E-state index is 12.0. The third-order valence-electron chi connectivity index (χ3n) is 2.83. The molecular weight excluding hydrogens is 262 g/mol. The molecule has 0 N–H and O–H groups in total. The maximum Gasteiger partial charge on any atom is 0.319 e. The van der Waals surface area contributed by atoms with Gasteiger partial charge >= 0.3 is 5.97 Å². The smallest absolute Gasteiger partial charge is 0.319 e. The average molecular weight is 289 g/mol. The molecule has 0 aliphatic carbocycles. The van der Waals surface area contributed by atoms with Crippen LogP contribution in [0, 0.1) is 5.92 Å². The number of esters is 1. The van der Waals surface area contributed by atoms with Crippen LogP contribution in [0.2, 0.25) is 0 Å². The summed E-state index contributed by atoms with van der Waals surface area (Å²) in [6.45, 7) is 11.6. The molecule has 0 radical (unpaired) electrons. The summed E-state index contributed by atoms with van der Waals surface area (Å²) in [6, 6.07) is 0. The van der Waals surface area contributed by atoms with Gasteiger partial charge in [-0.3, -0.25) is 9.59 Å². The second kappa shape index (κ2) is 10.1. The van der Waals surface area contributed by atoms with E-state index in [1.807, 2.05) is 34.6 Å². The lowest BCUT2D eigenvalue weighted by Crippen LogP contribution is -2.33. The Balaban J connectivity index is 4.48. The maximum atomic E-state index is 12.0. The van der Waals surface area contributed by atoms with Crippen LogP contribution in [0.15, 0.2) is 0 Å². The van der Waals surface area contributed by atoms with Gasteiger partial charge in [-0.1, -0.05) is 27.2 Å². The minimum Gasteiger partial charge on any atom is -0.465 e. The molecule has 0 aromatic carbocycles. The van der Waals surface area contributed by atoms with Crippen molar-refractivity contribution >= 4 is 23.0 Å². The Labute approximate surface area is 121 Å². The van der Waals surface area contributed by atoms with E-state index in [0.29, 0.717) is 19.7 Å². The van der Waals surface area contributed by atoms with Gasteiger partial charge in [-0.2, -0.15) is 0 Å². The van der Waals surface area contributed by atoms with Gasteiger partial charge < -0.3 is 9.64 Å². The molecule has 0 aliphatic heterocycles. The van der Waals surface area contributed by atoms with Crippen LogP contribution in [0.5, 0.6) is 0 Å². The quantitative estimate of drug-likeness (QED) is 0.506. The van der Waals surface area contributed by atoms with E-state index in [4.69, 9.17) is 4.74 Å². The lowest BCUT2D eigenvalue weighted by Gasteiger charge is -2.23. The van der Waals surface area contributed by atoms with Crippen molar-refractivity contribution in [3.8, 4) is 0 Å². The monoisotopic (exact) mass is 289 g/mol. The van der Waals surface area contributed by atoms with Crippen LogP contribution >= 0.6 is 11.8 Å². The van der Waals surface area contributed by atoms with E-state index in [1.165, 1.54) is 0 Å². The second-order valence-corrected chi connectivity index (χ2v) is 5.83. The number of unbranched alkanes of at least 4 members (excludes halogenated alkanes) is 1. The number of ether oxygens (including phenoxy) is 1. The zero-order chi connectivity index (χ0) is 14.8.